The molecule has 1 aliphatic heterocycles. The number of carbonyl (C=O) groups excluding carboxylic acids is 2. The third-order valence-corrected chi connectivity index (χ3v) is 8.30. The Kier molecular flexibility index (Phi) is 4.94. The first-order valence-electron chi connectivity index (χ1n) is 11.1. The van der Waals surface area contributed by atoms with Crippen molar-refractivity contribution in [3.05, 3.63) is 23.3 Å². The monoisotopic (exact) mass is 414 g/mol. The maximum atomic E-state index is 12.3. The molecule has 1 aromatic carbocycles. The van der Waals surface area contributed by atoms with Crippen molar-refractivity contribution in [3.63, 3.8) is 0 Å². The SMILES string of the molecule is COC(=O)c1cc2c(c(OC(C)=O)c1)O[C@]1(C)CC[C@H]3C(C)(C)CCC[C@]3(C)[C@H]1C2. The van der Waals surface area contributed by atoms with Crippen LogP contribution in [0, 0.1) is 22.7 Å². The molecule has 0 spiro atoms. The summed E-state index contributed by atoms with van der Waals surface area (Å²) in [5.41, 5.74) is 1.51. The summed E-state index contributed by atoms with van der Waals surface area (Å²) in [5.74, 6) is 1.04. The van der Waals surface area contributed by atoms with Crippen LogP contribution in [0.1, 0.15) is 82.6 Å². The molecule has 1 aromatic rings. The summed E-state index contributed by atoms with van der Waals surface area (Å²) in [7, 11) is 1.36. The van der Waals surface area contributed by atoms with Gasteiger partial charge in [-0.1, -0.05) is 27.2 Å². The average Bonchev–Trinajstić information content (AvgIpc) is 2.65. The minimum atomic E-state index is -0.439. The van der Waals surface area contributed by atoms with Crippen LogP contribution in [0.15, 0.2) is 12.1 Å². The smallest absolute Gasteiger partial charge is 0.337 e. The van der Waals surface area contributed by atoms with Gasteiger partial charge in [-0.3, -0.25) is 4.79 Å². The highest BCUT2D eigenvalue weighted by Gasteiger charge is 2.60. The van der Waals surface area contributed by atoms with Gasteiger partial charge in [0.15, 0.2) is 11.5 Å². The molecule has 4 rings (SSSR count). The van der Waals surface area contributed by atoms with Crippen LogP contribution in [0.3, 0.4) is 0 Å². The van der Waals surface area contributed by atoms with Gasteiger partial charge in [0.2, 0.25) is 0 Å². The summed E-state index contributed by atoms with van der Waals surface area (Å²) in [6.45, 7) is 10.9. The normalized spacial score (nSPS) is 33.9. The van der Waals surface area contributed by atoms with Crippen LogP contribution in [-0.2, 0) is 16.0 Å². The highest BCUT2D eigenvalue weighted by Crippen LogP contribution is 2.65. The lowest BCUT2D eigenvalue weighted by atomic mass is 9.44. The summed E-state index contributed by atoms with van der Waals surface area (Å²) in [6.07, 6.45) is 6.66. The van der Waals surface area contributed by atoms with Gasteiger partial charge < -0.3 is 14.2 Å². The predicted molar refractivity (Wildman–Crippen MR) is 114 cm³/mol. The van der Waals surface area contributed by atoms with Crippen LogP contribution in [-0.4, -0.2) is 24.6 Å². The molecule has 164 valence electrons. The number of ether oxygens (including phenoxy) is 3. The van der Waals surface area contributed by atoms with Crippen LogP contribution >= 0.6 is 0 Å². The van der Waals surface area contributed by atoms with E-state index in [1.54, 1.807) is 6.07 Å². The molecule has 1 heterocycles. The van der Waals surface area contributed by atoms with Gasteiger partial charge in [0, 0.05) is 12.8 Å². The minimum Gasteiger partial charge on any atom is -0.483 e. The van der Waals surface area contributed by atoms with Crippen molar-refractivity contribution in [1.29, 1.82) is 0 Å². The van der Waals surface area contributed by atoms with E-state index < -0.39 is 11.9 Å². The predicted octanol–water partition coefficient (Wildman–Crippen LogP) is 5.33. The fraction of sp³-hybridized carbons (Fsp3) is 0.680. The summed E-state index contributed by atoms with van der Waals surface area (Å²) in [5, 5.41) is 0. The van der Waals surface area contributed by atoms with Crippen molar-refractivity contribution in [2.45, 2.75) is 78.7 Å². The molecular formula is C25H34O5. The number of rotatable bonds is 2. The molecule has 0 saturated heterocycles. The van der Waals surface area contributed by atoms with Crippen LogP contribution in [0.4, 0.5) is 0 Å². The quantitative estimate of drug-likeness (QED) is 0.483. The van der Waals surface area contributed by atoms with Crippen LogP contribution in [0.25, 0.3) is 0 Å². The number of hydrogen-bond donors (Lipinski definition) is 0. The lowest BCUT2D eigenvalue weighted by molar-refractivity contribution is -0.163. The molecular weight excluding hydrogens is 380 g/mol. The van der Waals surface area contributed by atoms with E-state index in [0.717, 1.165) is 24.8 Å². The first-order valence-corrected chi connectivity index (χ1v) is 11.1. The number of hydrogen-bond acceptors (Lipinski definition) is 5. The Balaban J connectivity index is 1.81. The molecule has 0 unspecified atom stereocenters. The fourth-order valence-electron chi connectivity index (χ4n) is 7.02. The van der Waals surface area contributed by atoms with E-state index in [1.165, 1.54) is 33.3 Å². The molecule has 2 saturated carbocycles. The molecule has 0 amide bonds. The van der Waals surface area contributed by atoms with Gasteiger partial charge in [0.1, 0.15) is 5.60 Å². The van der Waals surface area contributed by atoms with Gasteiger partial charge in [-0.2, -0.15) is 0 Å². The Morgan fingerprint density at radius 2 is 1.80 bits per heavy atom. The summed E-state index contributed by atoms with van der Waals surface area (Å²) in [6, 6.07) is 3.42. The number of benzene rings is 1. The first-order chi connectivity index (χ1) is 14.0. The van der Waals surface area contributed by atoms with Crippen molar-refractivity contribution in [1.82, 2.24) is 0 Å². The number of methoxy groups -OCH3 is 1. The zero-order valence-electron chi connectivity index (χ0n) is 19.1. The highest BCUT2D eigenvalue weighted by atomic mass is 16.6. The molecule has 2 aliphatic carbocycles. The van der Waals surface area contributed by atoms with E-state index in [-0.39, 0.29) is 11.0 Å². The average molecular weight is 415 g/mol. The molecule has 5 heteroatoms. The lowest BCUT2D eigenvalue weighted by Gasteiger charge is -2.63. The maximum Gasteiger partial charge on any atom is 0.337 e. The zero-order chi connectivity index (χ0) is 21.9. The highest BCUT2D eigenvalue weighted by molar-refractivity contribution is 5.91. The van der Waals surface area contributed by atoms with Crippen LogP contribution in [0.5, 0.6) is 11.5 Å². The van der Waals surface area contributed by atoms with Crippen molar-refractivity contribution in [2.75, 3.05) is 7.11 Å². The summed E-state index contributed by atoms with van der Waals surface area (Å²) in [4.78, 5) is 24.0. The van der Waals surface area contributed by atoms with Gasteiger partial charge in [0.25, 0.3) is 0 Å². The largest absolute Gasteiger partial charge is 0.483 e. The van der Waals surface area contributed by atoms with Crippen molar-refractivity contribution in [2.24, 2.45) is 22.7 Å². The number of carbonyl (C=O) groups is 2. The third-order valence-electron chi connectivity index (χ3n) is 8.30. The van der Waals surface area contributed by atoms with Gasteiger partial charge in [-0.25, -0.2) is 4.79 Å². The Labute approximate surface area is 179 Å². The number of esters is 2. The van der Waals surface area contributed by atoms with E-state index in [4.69, 9.17) is 14.2 Å². The van der Waals surface area contributed by atoms with Gasteiger partial charge in [-0.05, 0) is 73.5 Å². The van der Waals surface area contributed by atoms with E-state index in [9.17, 15) is 9.59 Å². The van der Waals surface area contributed by atoms with Gasteiger partial charge in [-0.15, -0.1) is 0 Å². The Morgan fingerprint density at radius 1 is 1.07 bits per heavy atom. The maximum absolute atomic E-state index is 12.3. The lowest BCUT2D eigenvalue weighted by Crippen LogP contribution is -2.61. The molecule has 4 atom stereocenters. The summed E-state index contributed by atoms with van der Waals surface area (Å²) < 4.78 is 17.1. The second-order valence-corrected chi connectivity index (χ2v) is 10.7. The van der Waals surface area contributed by atoms with Gasteiger partial charge >= 0.3 is 11.9 Å². The third kappa shape index (κ3) is 3.21. The van der Waals surface area contributed by atoms with E-state index in [2.05, 4.69) is 27.7 Å². The Morgan fingerprint density at radius 3 is 2.47 bits per heavy atom. The van der Waals surface area contributed by atoms with Crippen molar-refractivity contribution >= 4 is 11.9 Å². The van der Waals surface area contributed by atoms with Crippen LogP contribution < -0.4 is 9.47 Å². The van der Waals surface area contributed by atoms with E-state index in [0.29, 0.717) is 34.3 Å². The first kappa shape index (κ1) is 21.2. The molecule has 0 bridgehead atoms. The second kappa shape index (κ2) is 7.00. The van der Waals surface area contributed by atoms with Crippen LogP contribution in [0.2, 0.25) is 0 Å². The van der Waals surface area contributed by atoms with E-state index in [1.807, 2.05) is 6.07 Å². The Hall–Kier alpha value is -2.04. The fourth-order valence-corrected chi connectivity index (χ4v) is 7.02. The molecule has 30 heavy (non-hydrogen) atoms. The molecule has 0 aromatic heterocycles. The standard InChI is InChI=1S/C25H34O5/c1-15(26)29-18-13-17(22(27)28-6)12-16-14-20-24(4)10-7-9-23(2,3)19(24)8-11-25(20,5)30-21(16)18/h12-13,19-20H,7-11,14H2,1-6H3/t19-,20+,24-,25+/m0/s1. The molecule has 0 radical (unpaired) electrons. The minimum absolute atomic E-state index is 0.176. The summed E-state index contributed by atoms with van der Waals surface area (Å²) >= 11 is 0. The topological polar surface area (TPSA) is 61.8 Å². The second-order valence-electron chi connectivity index (χ2n) is 10.7. The zero-order valence-corrected chi connectivity index (χ0v) is 19.1. The van der Waals surface area contributed by atoms with Crippen molar-refractivity contribution in [3.8, 4) is 11.5 Å². The molecule has 0 N–H and O–H groups in total. The van der Waals surface area contributed by atoms with E-state index >= 15 is 0 Å². The van der Waals surface area contributed by atoms with Gasteiger partial charge in [0.05, 0.1) is 12.7 Å². The van der Waals surface area contributed by atoms with Crippen molar-refractivity contribution < 1.29 is 23.8 Å². The molecule has 3 aliphatic rings. The number of fused-ring (bicyclic) bond motifs is 4. The molecule has 5 nitrogen and oxygen atoms in total. The molecule has 2 fully saturated rings. The Bertz CT molecular complexity index is 888.